The summed E-state index contributed by atoms with van der Waals surface area (Å²) in [5, 5.41) is 4.95. The van der Waals surface area contributed by atoms with Crippen LogP contribution in [-0.4, -0.2) is 22.5 Å². The summed E-state index contributed by atoms with van der Waals surface area (Å²) < 4.78 is 0. The number of amidine groups is 1. The Morgan fingerprint density at radius 2 is 2.00 bits per heavy atom. The average Bonchev–Trinajstić information content (AvgIpc) is 2.86. The number of hydrogen-bond acceptors (Lipinski definition) is 2. The van der Waals surface area contributed by atoms with Crippen molar-refractivity contribution in [2.24, 2.45) is 21.7 Å². The molecule has 1 saturated heterocycles. The molecule has 4 atom stereocenters. The molecule has 1 aliphatic heterocycles. The lowest BCUT2D eigenvalue weighted by Gasteiger charge is -2.42. The highest BCUT2D eigenvalue weighted by Gasteiger charge is 2.59. The van der Waals surface area contributed by atoms with Crippen molar-refractivity contribution in [1.82, 2.24) is 5.32 Å². The molecular weight excluding hydrogens is 264 g/mol. The predicted molar refractivity (Wildman–Crippen MR) is 89.4 cm³/mol. The normalized spacial score (nSPS) is 48.5. The van der Waals surface area contributed by atoms with E-state index in [-0.39, 0.29) is 5.54 Å². The molecule has 2 saturated carbocycles. The SMILES string of the molecule is CCC1(C)CCSC(=NC2C3(C)CCC(C3)C2(C)C)N1. The third kappa shape index (κ3) is 2.20. The van der Waals surface area contributed by atoms with Crippen LogP contribution in [0.5, 0.6) is 0 Å². The summed E-state index contributed by atoms with van der Waals surface area (Å²) in [6.07, 6.45) is 6.61. The maximum absolute atomic E-state index is 5.25. The molecule has 2 bridgehead atoms. The van der Waals surface area contributed by atoms with Gasteiger partial charge in [-0.2, -0.15) is 0 Å². The minimum atomic E-state index is 0.257. The summed E-state index contributed by atoms with van der Waals surface area (Å²) in [5.74, 6) is 2.09. The van der Waals surface area contributed by atoms with Crippen LogP contribution < -0.4 is 5.32 Å². The van der Waals surface area contributed by atoms with Gasteiger partial charge in [0.1, 0.15) is 0 Å². The van der Waals surface area contributed by atoms with Crippen LogP contribution in [0.1, 0.15) is 66.7 Å². The standard InChI is InChI=1S/C17H30N2S/c1-6-17(5)9-10-20-14(19-17)18-13-15(2,3)12-7-8-16(13,4)11-12/h12-13H,6-11H2,1-5H3,(H,18,19). The van der Waals surface area contributed by atoms with Gasteiger partial charge in [-0.3, -0.25) is 4.99 Å². The Morgan fingerprint density at radius 3 is 2.60 bits per heavy atom. The molecule has 1 N–H and O–H groups in total. The molecule has 0 aromatic heterocycles. The van der Waals surface area contributed by atoms with Crippen LogP contribution in [0.15, 0.2) is 4.99 Å². The molecule has 0 aromatic carbocycles. The Balaban J connectivity index is 1.84. The van der Waals surface area contributed by atoms with E-state index in [1.54, 1.807) is 0 Å². The lowest BCUT2D eigenvalue weighted by Crippen LogP contribution is -2.49. The molecule has 114 valence electrons. The molecule has 3 heteroatoms. The number of aliphatic imine (C=N–C) groups is 1. The molecule has 0 radical (unpaired) electrons. The third-order valence-corrected chi connectivity index (χ3v) is 7.41. The molecule has 3 aliphatic rings. The predicted octanol–water partition coefficient (Wildman–Crippen LogP) is 4.45. The summed E-state index contributed by atoms with van der Waals surface area (Å²) in [4.78, 5) is 5.25. The smallest absolute Gasteiger partial charge is 0.157 e. The van der Waals surface area contributed by atoms with E-state index in [1.807, 2.05) is 11.8 Å². The molecule has 3 fully saturated rings. The van der Waals surface area contributed by atoms with Crippen LogP contribution in [0, 0.1) is 16.7 Å². The minimum Gasteiger partial charge on any atom is -0.360 e. The average molecular weight is 295 g/mol. The first-order valence-electron chi connectivity index (χ1n) is 8.28. The highest BCUT2D eigenvalue weighted by molar-refractivity contribution is 8.13. The lowest BCUT2D eigenvalue weighted by molar-refractivity contribution is 0.142. The van der Waals surface area contributed by atoms with Gasteiger partial charge in [0.2, 0.25) is 0 Å². The molecule has 2 nitrogen and oxygen atoms in total. The molecule has 0 spiro atoms. The molecular formula is C17H30N2S. The molecule has 3 rings (SSSR count). The van der Waals surface area contributed by atoms with E-state index < -0.39 is 0 Å². The van der Waals surface area contributed by atoms with Crippen molar-refractivity contribution < 1.29 is 0 Å². The van der Waals surface area contributed by atoms with Crippen molar-refractivity contribution >= 4 is 16.9 Å². The van der Waals surface area contributed by atoms with Crippen LogP contribution >= 0.6 is 11.8 Å². The summed E-state index contributed by atoms with van der Waals surface area (Å²) in [5.41, 5.74) is 1.08. The molecule has 4 unspecified atom stereocenters. The summed E-state index contributed by atoms with van der Waals surface area (Å²) in [6.45, 7) is 12.0. The van der Waals surface area contributed by atoms with E-state index in [4.69, 9.17) is 4.99 Å². The van der Waals surface area contributed by atoms with Gasteiger partial charge in [0.15, 0.2) is 5.17 Å². The number of nitrogens with one attached hydrogen (secondary N) is 1. The fourth-order valence-electron chi connectivity index (χ4n) is 4.78. The molecule has 0 aromatic rings. The van der Waals surface area contributed by atoms with Crippen molar-refractivity contribution in [3.8, 4) is 0 Å². The number of fused-ring (bicyclic) bond motifs is 2. The zero-order valence-corrected chi connectivity index (χ0v) is 14.6. The van der Waals surface area contributed by atoms with Gasteiger partial charge in [-0.05, 0) is 55.8 Å². The zero-order valence-electron chi connectivity index (χ0n) is 13.8. The Kier molecular flexibility index (Phi) is 3.43. The van der Waals surface area contributed by atoms with Crippen LogP contribution in [0.2, 0.25) is 0 Å². The van der Waals surface area contributed by atoms with Gasteiger partial charge in [0, 0.05) is 11.3 Å². The van der Waals surface area contributed by atoms with E-state index in [0.717, 1.165) is 5.92 Å². The van der Waals surface area contributed by atoms with Gasteiger partial charge in [0.05, 0.1) is 6.04 Å². The quantitative estimate of drug-likeness (QED) is 0.813. The van der Waals surface area contributed by atoms with Crippen molar-refractivity contribution in [2.75, 3.05) is 5.75 Å². The van der Waals surface area contributed by atoms with Crippen LogP contribution in [0.3, 0.4) is 0 Å². The fourth-order valence-corrected chi connectivity index (χ4v) is 6.02. The number of hydrogen-bond donors (Lipinski definition) is 1. The summed E-state index contributed by atoms with van der Waals surface area (Å²) >= 11 is 1.93. The zero-order chi connectivity index (χ0) is 14.6. The van der Waals surface area contributed by atoms with Gasteiger partial charge >= 0.3 is 0 Å². The van der Waals surface area contributed by atoms with Gasteiger partial charge in [-0.1, -0.05) is 39.5 Å². The second-order valence-electron chi connectivity index (χ2n) is 8.39. The van der Waals surface area contributed by atoms with E-state index in [9.17, 15) is 0 Å². The van der Waals surface area contributed by atoms with Crippen molar-refractivity contribution in [3.63, 3.8) is 0 Å². The van der Waals surface area contributed by atoms with Gasteiger partial charge in [0.25, 0.3) is 0 Å². The van der Waals surface area contributed by atoms with E-state index >= 15 is 0 Å². The Labute approximate surface area is 128 Å². The number of nitrogens with zero attached hydrogens (tertiary/aromatic N) is 1. The van der Waals surface area contributed by atoms with E-state index in [0.29, 0.717) is 16.9 Å². The molecule has 1 heterocycles. The third-order valence-electron chi connectivity index (χ3n) is 6.52. The van der Waals surface area contributed by atoms with Crippen LogP contribution in [0.4, 0.5) is 0 Å². The Hall–Kier alpha value is -0.180. The monoisotopic (exact) mass is 294 g/mol. The maximum Gasteiger partial charge on any atom is 0.157 e. The van der Waals surface area contributed by atoms with Crippen molar-refractivity contribution in [1.29, 1.82) is 0 Å². The van der Waals surface area contributed by atoms with Gasteiger partial charge < -0.3 is 5.32 Å². The first kappa shape index (κ1) is 14.7. The molecule has 2 aliphatic carbocycles. The first-order chi connectivity index (χ1) is 9.29. The number of thioether (sulfide) groups is 1. The maximum atomic E-state index is 5.25. The second kappa shape index (κ2) is 4.66. The highest BCUT2D eigenvalue weighted by atomic mass is 32.2. The Morgan fingerprint density at radius 1 is 1.25 bits per heavy atom. The lowest BCUT2D eigenvalue weighted by atomic mass is 9.69. The largest absolute Gasteiger partial charge is 0.360 e. The minimum absolute atomic E-state index is 0.257. The van der Waals surface area contributed by atoms with Crippen molar-refractivity contribution in [3.05, 3.63) is 0 Å². The van der Waals surface area contributed by atoms with Gasteiger partial charge in [-0.25, -0.2) is 0 Å². The Bertz CT molecular complexity index is 426. The topological polar surface area (TPSA) is 24.4 Å². The van der Waals surface area contributed by atoms with Crippen molar-refractivity contribution in [2.45, 2.75) is 78.3 Å². The molecule has 0 amide bonds. The van der Waals surface area contributed by atoms with E-state index in [2.05, 4.69) is 39.9 Å². The summed E-state index contributed by atoms with van der Waals surface area (Å²) in [6, 6.07) is 0.503. The van der Waals surface area contributed by atoms with E-state index in [1.165, 1.54) is 43.0 Å². The first-order valence-corrected chi connectivity index (χ1v) is 9.26. The highest BCUT2D eigenvalue weighted by Crippen LogP contribution is 2.63. The van der Waals surface area contributed by atoms with Crippen LogP contribution in [0.25, 0.3) is 0 Å². The summed E-state index contributed by atoms with van der Waals surface area (Å²) in [7, 11) is 0. The second-order valence-corrected chi connectivity index (χ2v) is 9.47. The number of rotatable bonds is 2. The molecule has 20 heavy (non-hydrogen) atoms. The fraction of sp³-hybridized carbons (Fsp3) is 0.941. The van der Waals surface area contributed by atoms with Gasteiger partial charge in [-0.15, -0.1) is 0 Å². The van der Waals surface area contributed by atoms with Crippen LogP contribution in [-0.2, 0) is 0 Å².